The molecule has 0 radical (unpaired) electrons. The number of alkyl halides is 1. The van der Waals surface area contributed by atoms with Crippen LogP contribution in [0.25, 0.3) is 16.9 Å². The van der Waals surface area contributed by atoms with Gasteiger partial charge in [-0.25, -0.2) is 19.2 Å². The minimum absolute atomic E-state index is 0.301. The number of ether oxygens (including phenoxy) is 2. The van der Waals surface area contributed by atoms with Gasteiger partial charge in [-0.1, -0.05) is 6.42 Å². The van der Waals surface area contributed by atoms with E-state index in [0.717, 1.165) is 24.8 Å². The van der Waals surface area contributed by atoms with E-state index in [0.29, 0.717) is 48.2 Å². The van der Waals surface area contributed by atoms with Crippen LogP contribution in [0.3, 0.4) is 0 Å². The number of carbonyl (C=O) groups is 1. The Morgan fingerprint density at radius 3 is 2.91 bits per heavy atom. The van der Waals surface area contributed by atoms with Crippen LogP contribution in [0.2, 0.25) is 0 Å². The summed E-state index contributed by atoms with van der Waals surface area (Å²) >= 11 is 0. The molecule has 2 atom stereocenters. The Morgan fingerprint density at radius 2 is 2.15 bits per heavy atom. The predicted molar refractivity (Wildman–Crippen MR) is 126 cm³/mol. The Labute approximate surface area is 198 Å². The highest BCUT2D eigenvalue weighted by Crippen LogP contribution is 2.33. The maximum Gasteiger partial charge on any atom is 0.318 e. The summed E-state index contributed by atoms with van der Waals surface area (Å²) in [5.74, 6) is 0.991. The zero-order valence-corrected chi connectivity index (χ0v) is 19.8. The van der Waals surface area contributed by atoms with Gasteiger partial charge in [-0.2, -0.15) is 0 Å². The summed E-state index contributed by atoms with van der Waals surface area (Å²) in [5, 5.41) is 2.85. The minimum atomic E-state index is -0.604. The number of pyridine rings is 1. The zero-order valence-electron chi connectivity index (χ0n) is 19.8. The van der Waals surface area contributed by atoms with Crippen LogP contribution in [0.4, 0.5) is 9.18 Å². The van der Waals surface area contributed by atoms with Gasteiger partial charge in [0.05, 0.1) is 43.4 Å². The van der Waals surface area contributed by atoms with Crippen molar-refractivity contribution in [3.05, 3.63) is 36.5 Å². The van der Waals surface area contributed by atoms with Gasteiger partial charge >= 0.3 is 6.03 Å². The molecule has 0 aromatic carbocycles. The highest BCUT2D eigenvalue weighted by molar-refractivity contribution is 5.75. The van der Waals surface area contributed by atoms with Crippen LogP contribution < -0.4 is 14.8 Å². The highest BCUT2D eigenvalue weighted by Gasteiger charge is 2.25. The SMILES string of the molecule is CCN1C(=O)N[C@@H](CF)CCCCCOc2nc(cn3ccnc23)-c2cc(ncc2OC)[C@H]1C. The molecular weight excluding hydrogens is 439 g/mol. The molecule has 1 aliphatic heterocycles. The van der Waals surface area contributed by atoms with Gasteiger partial charge in [-0.05, 0) is 39.2 Å². The first-order valence-corrected chi connectivity index (χ1v) is 11.7. The lowest BCUT2D eigenvalue weighted by atomic mass is 10.1. The van der Waals surface area contributed by atoms with Crippen molar-refractivity contribution in [2.24, 2.45) is 0 Å². The van der Waals surface area contributed by atoms with Crippen LogP contribution in [-0.2, 0) is 0 Å². The van der Waals surface area contributed by atoms with Crippen molar-refractivity contribution < 1.29 is 18.7 Å². The smallest absolute Gasteiger partial charge is 0.318 e. The lowest BCUT2D eigenvalue weighted by Crippen LogP contribution is -2.46. The van der Waals surface area contributed by atoms with Crippen LogP contribution in [0.1, 0.15) is 51.3 Å². The summed E-state index contributed by atoms with van der Waals surface area (Å²) in [6, 6.07) is 0.702. The molecule has 0 saturated carbocycles. The number of carbonyl (C=O) groups excluding carboxylic acids is 1. The lowest BCUT2D eigenvalue weighted by molar-refractivity contribution is 0.174. The Hall–Kier alpha value is -3.43. The maximum absolute atomic E-state index is 13.6. The topological polar surface area (TPSA) is 93.9 Å². The third-order valence-electron chi connectivity index (χ3n) is 6.17. The monoisotopic (exact) mass is 470 g/mol. The molecule has 34 heavy (non-hydrogen) atoms. The Morgan fingerprint density at radius 1 is 1.29 bits per heavy atom. The van der Waals surface area contributed by atoms with Crippen molar-refractivity contribution in [2.45, 2.75) is 51.6 Å². The van der Waals surface area contributed by atoms with Gasteiger partial charge in [0.15, 0.2) is 0 Å². The molecule has 4 heterocycles. The number of imidazole rings is 1. The van der Waals surface area contributed by atoms with E-state index in [1.807, 2.05) is 36.7 Å². The number of methoxy groups -OCH3 is 1. The molecular formula is C24H31FN6O3. The Bertz CT molecular complexity index is 1140. The second-order valence-corrected chi connectivity index (χ2v) is 8.36. The Kier molecular flexibility index (Phi) is 7.44. The molecule has 9 nitrogen and oxygen atoms in total. The number of urea groups is 1. The normalized spacial score (nSPS) is 19.9. The Balaban J connectivity index is 1.80. The van der Waals surface area contributed by atoms with E-state index in [4.69, 9.17) is 14.5 Å². The van der Waals surface area contributed by atoms with E-state index >= 15 is 0 Å². The average Bonchev–Trinajstić information content (AvgIpc) is 3.33. The molecule has 0 unspecified atom stereocenters. The molecule has 0 saturated heterocycles. The second kappa shape index (κ2) is 10.7. The van der Waals surface area contributed by atoms with Gasteiger partial charge < -0.3 is 24.1 Å². The molecule has 3 aromatic rings. The molecule has 0 spiro atoms. The number of amides is 2. The van der Waals surface area contributed by atoms with Crippen LogP contribution in [-0.4, -0.2) is 63.3 Å². The largest absolute Gasteiger partial charge is 0.494 e. The summed E-state index contributed by atoms with van der Waals surface area (Å²) in [6.45, 7) is 4.11. The third kappa shape index (κ3) is 4.90. The number of nitrogens with one attached hydrogen (secondary N) is 1. The van der Waals surface area contributed by atoms with Crippen LogP contribution in [0.15, 0.2) is 30.9 Å². The van der Waals surface area contributed by atoms with Gasteiger partial charge in [-0.3, -0.25) is 4.98 Å². The number of hydrogen-bond donors (Lipinski definition) is 1. The zero-order chi connectivity index (χ0) is 24.1. The molecule has 0 fully saturated rings. The van der Waals surface area contributed by atoms with Crippen LogP contribution in [0.5, 0.6) is 11.6 Å². The fourth-order valence-corrected chi connectivity index (χ4v) is 4.22. The number of rotatable bonds is 3. The van der Waals surface area contributed by atoms with Gasteiger partial charge in [0, 0.05) is 30.7 Å². The summed E-state index contributed by atoms with van der Waals surface area (Å²) < 4.78 is 27.1. The van der Waals surface area contributed by atoms with E-state index in [1.165, 1.54) is 0 Å². The third-order valence-corrected chi connectivity index (χ3v) is 6.17. The summed E-state index contributed by atoms with van der Waals surface area (Å²) in [7, 11) is 1.58. The molecule has 182 valence electrons. The number of halogens is 1. The number of nitrogens with zero attached hydrogens (tertiary/aromatic N) is 5. The molecule has 1 N–H and O–H groups in total. The van der Waals surface area contributed by atoms with E-state index in [9.17, 15) is 9.18 Å². The summed E-state index contributed by atoms with van der Waals surface area (Å²) in [5.41, 5.74) is 2.67. The molecule has 3 aromatic heterocycles. The number of fused-ring (bicyclic) bond motifs is 7. The first-order chi connectivity index (χ1) is 16.5. The molecule has 0 aliphatic carbocycles. The van der Waals surface area contributed by atoms with E-state index in [-0.39, 0.29) is 12.1 Å². The van der Waals surface area contributed by atoms with Crippen molar-refractivity contribution >= 4 is 11.7 Å². The molecule has 10 heteroatoms. The first kappa shape index (κ1) is 23.7. The van der Waals surface area contributed by atoms with Crippen LogP contribution in [0, 0.1) is 0 Å². The van der Waals surface area contributed by atoms with E-state index in [1.54, 1.807) is 24.4 Å². The fourth-order valence-electron chi connectivity index (χ4n) is 4.22. The lowest BCUT2D eigenvalue weighted by Gasteiger charge is -2.30. The minimum Gasteiger partial charge on any atom is -0.494 e. The summed E-state index contributed by atoms with van der Waals surface area (Å²) in [4.78, 5) is 28.3. The van der Waals surface area contributed by atoms with Crippen molar-refractivity contribution in [1.29, 1.82) is 0 Å². The van der Waals surface area contributed by atoms with Gasteiger partial charge in [0.2, 0.25) is 5.65 Å². The quantitative estimate of drug-likeness (QED) is 0.617. The van der Waals surface area contributed by atoms with Gasteiger partial charge in [-0.15, -0.1) is 0 Å². The van der Waals surface area contributed by atoms with Crippen molar-refractivity contribution in [2.75, 3.05) is 26.9 Å². The van der Waals surface area contributed by atoms with Crippen molar-refractivity contribution in [3.63, 3.8) is 0 Å². The predicted octanol–water partition coefficient (Wildman–Crippen LogP) is 4.18. The van der Waals surface area contributed by atoms with Crippen LogP contribution >= 0.6 is 0 Å². The molecule has 2 amide bonds. The van der Waals surface area contributed by atoms with E-state index in [2.05, 4.69) is 15.3 Å². The molecule has 4 bridgehead atoms. The van der Waals surface area contributed by atoms with Gasteiger partial charge in [0.1, 0.15) is 12.4 Å². The molecule has 1 aliphatic rings. The second-order valence-electron chi connectivity index (χ2n) is 8.36. The highest BCUT2D eigenvalue weighted by atomic mass is 19.1. The maximum atomic E-state index is 13.6. The number of hydrogen-bond acceptors (Lipinski definition) is 6. The summed E-state index contributed by atoms with van der Waals surface area (Å²) in [6.07, 6.45) is 10.0. The van der Waals surface area contributed by atoms with E-state index < -0.39 is 12.7 Å². The standard InChI is InChI=1S/C24H31FN6O3/c1-4-31-16(2)19-12-18(21(33-3)14-27-19)20-15-30-10-9-26-22(30)23(29-20)34-11-7-5-6-8-17(13-25)28-24(31)32/h9-10,12,14-17H,4-8,11,13H2,1-3H3,(H,28,32)/t16-,17-/m1/s1. The first-order valence-electron chi connectivity index (χ1n) is 11.7. The van der Waals surface area contributed by atoms with Crippen molar-refractivity contribution in [3.8, 4) is 22.9 Å². The molecule has 4 rings (SSSR count). The average molecular weight is 471 g/mol. The number of aromatic nitrogens is 4. The fraction of sp³-hybridized carbons (Fsp3) is 0.500. The van der Waals surface area contributed by atoms with Crippen molar-refractivity contribution in [1.82, 2.24) is 29.6 Å². The van der Waals surface area contributed by atoms with Gasteiger partial charge in [0.25, 0.3) is 5.88 Å².